The number of hydrogen-bond acceptors (Lipinski definition) is 4. The molecule has 35 heavy (non-hydrogen) atoms. The van der Waals surface area contributed by atoms with Gasteiger partial charge in [0.15, 0.2) is 0 Å². The van der Waals surface area contributed by atoms with Crippen molar-refractivity contribution in [3.63, 3.8) is 0 Å². The van der Waals surface area contributed by atoms with E-state index in [0.29, 0.717) is 29.4 Å². The van der Waals surface area contributed by atoms with Crippen LogP contribution in [0, 0.1) is 11.7 Å². The maximum absolute atomic E-state index is 14.8. The molecule has 0 saturated carbocycles. The van der Waals surface area contributed by atoms with E-state index in [1.165, 1.54) is 17.0 Å². The Bertz CT molecular complexity index is 1160. The fourth-order valence-corrected chi connectivity index (χ4v) is 4.41. The van der Waals surface area contributed by atoms with Gasteiger partial charge < -0.3 is 25.5 Å². The van der Waals surface area contributed by atoms with Crippen LogP contribution in [0.2, 0.25) is 5.02 Å². The number of rotatable bonds is 5. The van der Waals surface area contributed by atoms with Gasteiger partial charge in [0.05, 0.1) is 11.6 Å². The van der Waals surface area contributed by atoms with E-state index < -0.39 is 35.7 Å². The number of benzene rings is 2. The van der Waals surface area contributed by atoms with Crippen molar-refractivity contribution in [2.45, 2.75) is 31.7 Å². The van der Waals surface area contributed by atoms with Gasteiger partial charge in [0.2, 0.25) is 11.8 Å². The summed E-state index contributed by atoms with van der Waals surface area (Å²) in [6.45, 7) is 0.325. The second-order valence-electron chi connectivity index (χ2n) is 8.53. The highest BCUT2D eigenvalue weighted by molar-refractivity contribution is 6.30. The molecule has 2 unspecified atom stereocenters. The Morgan fingerprint density at radius 1 is 1.06 bits per heavy atom. The lowest BCUT2D eigenvalue weighted by atomic mass is 10.1. The van der Waals surface area contributed by atoms with E-state index in [0.717, 1.165) is 17.7 Å². The Hall–Kier alpha value is -3.66. The third-order valence-corrected chi connectivity index (χ3v) is 6.41. The Balaban J connectivity index is 1.48. The van der Waals surface area contributed by atoms with Gasteiger partial charge in [0, 0.05) is 35.9 Å². The van der Waals surface area contributed by atoms with Gasteiger partial charge in [0.1, 0.15) is 11.9 Å². The molecule has 0 radical (unpaired) electrons. The molecular weight excluding hydrogens is 479 g/mol. The van der Waals surface area contributed by atoms with Gasteiger partial charge in [-0.15, -0.1) is 0 Å². The molecule has 2 heterocycles. The summed E-state index contributed by atoms with van der Waals surface area (Å²) >= 11 is 5.85. The predicted octanol–water partition coefficient (Wildman–Crippen LogP) is 3.94. The molecule has 0 aliphatic carbocycles. The van der Waals surface area contributed by atoms with Gasteiger partial charge in [0.25, 0.3) is 0 Å². The predicted molar refractivity (Wildman–Crippen MR) is 128 cm³/mol. The van der Waals surface area contributed by atoms with Crippen molar-refractivity contribution in [2.75, 3.05) is 28.6 Å². The van der Waals surface area contributed by atoms with E-state index in [-0.39, 0.29) is 24.6 Å². The number of piperidine rings is 1. The minimum atomic E-state index is -1.13. The summed E-state index contributed by atoms with van der Waals surface area (Å²) in [5.74, 6) is -3.61. The Morgan fingerprint density at radius 2 is 1.80 bits per heavy atom. The molecule has 3 N–H and O–H groups in total. The summed E-state index contributed by atoms with van der Waals surface area (Å²) in [7, 11) is 0. The molecule has 0 aromatic heterocycles. The molecule has 2 aliphatic rings. The normalized spacial score (nSPS) is 20.0. The van der Waals surface area contributed by atoms with Crippen LogP contribution in [0.3, 0.4) is 0 Å². The zero-order valence-electron chi connectivity index (χ0n) is 18.7. The van der Waals surface area contributed by atoms with Gasteiger partial charge in [-0.1, -0.05) is 11.6 Å². The number of amides is 4. The molecule has 2 aromatic carbocycles. The molecule has 4 rings (SSSR count). The van der Waals surface area contributed by atoms with E-state index in [1.807, 2.05) is 0 Å². The van der Waals surface area contributed by atoms with Crippen LogP contribution in [0.1, 0.15) is 25.7 Å². The summed E-state index contributed by atoms with van der Waals surface area (Å²) in [5, 5.41) is 15.0. The van der Waals surface area contributed by atoms with Crippen molar-refractivity contribution in [1.82, 2.24) is 4.90 Å². The largest absolute Gasteiger partial charge is 0.481 e. The van der Waals surface area contributed by atoms with E-state index in [9.17, 15) is 28.7 Å². The number of halogens is 2. The average Bonchev–Trinajstić information content (AvgIpc) is 3.29. The number of urea groups is 1. The summed E-state index contributed by atoms with van der Waals surface area (Å²) < 4.78 is 14.8. The topological polar surface area (TPSA) is 119 Å². The minimum Gasteiger partial charge on any atom is -0.481 e. The number of hydrogen-bond donors (Lipinski definition) is 3. The lowest BCUT2D eigenvalue weighted by molar-refractivity contribution is -0.141. The first-order chi connectivity index (χ1) is 16.7. The highest BCUT2D eigenvalue weighted by Gasteiger charge is 2.42. The second kappa shape index (κ2) is 10.3. The lowest BCUT2D eigenvalue weighted by Crippen LogP contribution is -2.45. The maximum Gasteiger partial charge on any atom is 0.322 e. The van der Waals surface area contributed by atoms with E-state index >= 15 is 0 Å². The number of nitrogens with one attached hydrogen (secondary N) is 2. The number of aliphatic carboxylic acids is 1. The van der Waals surface area contributed by atoms with Crippen LogP contribution in [0.25, 0.3) is 0 Å². The van der Waals surface area contributed by atoms with Gasteiger partial charge in [-0.05, 0) is 61.7 Å². The zero-order valence-corrected chi connectivity index (χ0v) is 19.4. The standard InChI is InChI=1S/C24H24ClFN4O5/c25-15-4-6-16(7-5-15)27-24(35)30-13-14(23(33)34)11-20(30)22(32)28-19-9-8-17(12-18(19)26)29-10-2-1-3-21(29)31/h4-9,12,14,20H,1-3,10-11,13H2,(H,27,35)(H,28,32)(H,33,34). The van der Waals surface area contributed by atoms with Crippen LogP contribution >= 0.6 is 11.6 Å². The highest BCUT2D eigenvalue weighted by Crippen LogP contribution is 2.29. The molecule has 2 aromatic rings. The summed E-state index contributed by atoms with van der Waals surface area (Å²) in [6.07, 6.45) is 1.91. The van der Waals surface area contributed by atoms with Crippen LogP contribution in [0.15, 0.2) is 42.5 Å². The Labute approximate surface area is 205 Å². The number of likely N-dealkylation sites (tertiary alicyclic amines) is 1. The molecule has 184 valence electrons. The molecule has 2 saturated heterocycles. The summed E-state index contributed by atoms with van der Waals surface area (Å²) in [6, 6.07) is 8.60. The summed E-state index contributed by atoms with van der Waals surface area (Å²) in [5.41, 5.74) is 0.701. The Morgan fingerprint density at radius 3 is 2.46 bits per heavy atom. The van der Waals surface area contributed by atoms with E-state index in [1.54, 1.807) is 30.3 Å². The first-order valence-electron chi connectivity index (χ1n) is 11.2. The average molecular weight is 503 g/mol. The van der Waals surface area contributed by atoms with Crippen molar-refractivity contribution >= 4 is 52.5 Å². The molecule has 2 aliphatic heterocycles. The van der Waals surface area contributed by atoms with E-state index in [2.05, 4.69) is 10.6 Å². The van der Waals surface area contributed by atoms with Crippen LogP contribution < -0.4 is 15.5 Å². The van der Waals surface area contributed by atoms with Crippen LogP contribution in [0.5, 0.6) is 0 Å². The first kappa shape index (κ1) is 24.5. The Kier molecular flexibility index (Phi) is 7.20. The SMILES string of the molecule is O=C(O)C1CC(C(=O)Nc2ccc(N3CCCCC3=O)cc2F)N(C(=O)Nc2ccc(Cl)cc2)C1. The van der Waals surface area contributed by atoms with Crippen molar-refractivity contribution in [3.05, 3.63) is 53.3 Å². The number of carboxylic acids is 1. The van der Waals surface area contributed by atoms with Gasteiger partial charge >= 0.3 is 12.0 Å². The fourth-order valence-electron chi connectivity index (χ4n) is 4.28. The monoisotopic (exact) mass is 502 g/mol. The molecule has 2 fully saturated rings. The van der Waals surface area contributed by atoms with Crippen molar-refractivity contribution in [1.29, 1.82) is 0 Å². The third-order valence-electron chi connectivity index (χ3n) is 6.15. The van der Waals surface area contributed by atoms with Crippen molar-refractivity contribution < 1.29 is 28.7 Å². The van der Waals surface area contributed by atoms with Crippen molar-refractivity contribution in [2.24, 2.45) is 5.92 Å². The van der Waals surface area contributed by atoms with Gasteiger partial charge in [-0.25, -0.2) is 9.18 Å². The zero-order chi connectivity index (χ0) is 25.1. The third kappa shape index (κ3) is 5.54. The minimum absolute atomic E-state index is 0.0829. The number of carboxylic acid groups (broad SMARTS) is 1. The molecule has 0 spiro atoms. The smallest absolute Gasteiger partial charge is 0.322 e. The van der Waals surface area contributed by atoms with Gasteiger partial charge in [-0.2, -0.15) is 0 Å². The van der Waals surface area contributed by atoms with E-state index in [4.69, 9.17) is 11.6 Å². The number of anilines is 3. The summed E-state index contributed by atoms with van der Waals surface area (Å²) in [4.78, 5) is 52.2. The number of nitrogens with zero attached hydrogens (tertiary/aromatic N) is 2. The molecule has 4 amide bonds. The quantitative estimate of drug-likeness (QED) is 0.572. The molecule has 0 bridgehead atoms. The molecule has 9 nitrogen and oxygen atoms in total. The highest BCUT2D eigenvalue weighted by atomic mass is 35.5. The number of carbonyl (C=O) groups is 4. The van der Waals surface area contributed by atoms with Gasteiger partial charge in [-0.3, -0.25) is 14.4 Å². The lowest BCUT2D eigenvalue weighted by Gasteiger charge is -2.27. The number of carbonyl (C=O) groups excluding carboxylic acids is 3. The van der Waals surface area contributed by atoms with Crippen LogP contribution in [0.4, 0.5) is 26.2 Å². The van der Waals surface area contributed by atoms with Crippen molar-refractivity contribution in [3.8, 4) is 0 Å². The maximum atomic E-state index is 14.8. The fraction of sp³-hybridized carbons (Fsp3) is 0.333. The van der Waals surface area contributed by atoms with Crippen LogP contribution in [-0.2, 0) is 14.4 Å². The van der Waals surface area contributed by atoms with Crippen LogP contribution in [-0.4, -0.2) is 53.0 Å². The first-order valence-corrected chi connectivity index (χ1v) is 11.6. The second-order valence-corrected chi connectivity index (χ2v) is 8.97. The molecule has 2 atom stereocenters. The molecular formula is C24H24ClFN4O5. The molecule has 11 heteroatoms.